The van der Waals surface area contributed by atoms with E-state index in [0.717, 1.165) is 5.56 Å². The van der Waals surface area contributed by atoms with Crippen LogP contribution in [0.1, 0.15) is 10.5 Å². The smallest absolute Gasteiger partial charge is 0.358 e. The van der Waals surface area contributed by atoms with Crippen LogP contribution in [0.25, 0.3) is 16.8 Å². The van der Waals surface area contributed by atoms with E-state index in [4.69, 9.17) is 5.11 Å². The van der Waals surface area contributed by atoms with Crippen molar-refractivity contribution in [3.05, 3.63) is 54.0 Å². The summed E-state index contributed by atoms with van der Waals surface area (Å²) in [5.74, 6) is -1.47. The van der Waals surface area contributed by atoms with E-state index in [-0.39, 0.29) is 11.5 Å². The van der Waals surface area contributed by atoms with Gasteiger partial charge in [-0.1, -0.05) is 11.3 Å². The predicted octanol–water partition coefficient (Wildman–Crippen LogP) is 2.23. The normalized spacial score (nSPS) is 10.8. The van der Waals surface area contributed by atoms with E-state index in [2.05, 4.69) is 10.3 Å². The Morgan fingerprint density at radius 1 is 1.16 bits per heavy atom. The van der Waals surface area contributed by atoms with Crippen molar-refractivity contribution in [3.63, 3.8) is 0 Å². The highest BCUT2D eigenvalue weighted by molar-refractivity contribution is 5.93. The van der Waals surface area contributed by atoms with Gasteiger partial charge in [0.25, 0.3) is 0 Å². The Labute approximate surface area is 106 Å². The minimum Gasteiger partial charge on any atom is -0.476 e. The molecule has 0 unspecified atom stereocenters. The first-order valence-electron chi connectivity index (χ1n) is 5.50. The first-order valence-corrected chi connectivity index (χ1v) is 5.50. The number of hydrogen-bond acceptors (Lipinski definition) is 3. The second-order valence-corrected chi connectivity index (χ2v) is 3.96. The maximum absolute atomic E-state index is 12.9. The van der Waals surface area contributed by atoms with Crippen LogP contribution in [0.3, 0.4) is 0 Å². The van der Waals surface area contributed by atoms with Crippen molar-refractivity contribution in [2.24, 2.45) is 0 Å². The van der Waals surface area contributed by atoms with Gasteiger partial charge in [-0.3, -0.25) is 0 Å². The van der Waals surface area contributed by atoms with Crippen molar-refractivity contribution < 1.29 is 14.3 Å². The SMILES string of the molecule is O=C(O)c1nnn2c(-c3ccc(F)cc3)cccc12. The summed E-state index contributed by atoms with van der Waals surface area (Å²) < 4.78 is 14.3. The van der Waals surface area contributed by atoms with Gasteiger partial charge in [0.05, 0.1) is 5.69 Å². The number of fused-ring (bicyclic) bond motifs is 1. The van der Waals surface area contributed by atoms with Crippen molar-refractivity contribution in [1.29, 1.82) is 0 Å². The zero-order valence-electron chi connectivity index (χ0n) is 9.62. The second-order valence-electron chi connectivity index (χ2n) is 3.96. The van der Waals surface area contributed by atoms with Crippen molar-refractivity contribution in [3.8, 4) is 11.3 Å². The zero-order valence-corrected chi connectivity index (χ0v) is 9.62. The Bertz CT molecular complexity index is 765. The summed E-state index contributed by atoms with van der Waals surface area (Å²) in [4.78, 5) is 11.0. The van der Waals surface area contributed by atoms with Crippen molar-refractivity contribution in [2.75, 3.05) is 0 Å². The Kier molecular flexibility index (Phi) is 2.49. The fraction of sp³-hybridized carbons (Fsp3) is 0. The summed E-state index contributed by atoms with van der Waals surface area (Å²) >= 11 is 0. The molecule has 94 valence electrons. The molecule has 0 aliphatic carbocycles. The molecule has 0 radical (unpaired) electrons. The average Bonchev–Trinajstić information content (AvgIpc) is 2.83. The largest absolute Gasteiger partial charge is 0.476 e. The van der Waals surface area contributed by atoms with Crippen LogP contribution >= 0.6 is 0 Å². The molecule has 5 nitrogen and oxygen atoms in total. The lowest BCUT2D eigenvalue weighted by Crippen LogP contribution is -1.98. The highest BCUT2D eigenvalue weighted by atomic mass is 19.1. The molecule has 6 heteroatoms. The van der Waals surface area contributed by atoms with Crippen LogP contribution < -0.4 is 0 Å². The molecule has 0 aliphatic heterocycles. The summed E-state index contributed by atoms with van der Waals surface area (Å²) in [6.45, 7) is 0. The number of carboxylic acid groups (broad SMARTS) is 1. The van der Waals surface area contributed by atoms with Gasteiger partial charge in [-0.2, -0.15) is 0 Å². The quantitative estimate of drug-likeness (QED) is 0.764. The van der Waals surface area contributed by atoms with Gasteiger partial charge in [0.1, 0.15) is 11.3 Å². The standard InChI is InChI=1S/C13H8FN3O2/c14-9-6-4-8(5-7-9)10-2-1-3-11-12(13(18)19)15-16-17(10)11/h1-7H,(H,18,19). The fourth-order valence-corrected chi connectivity index (χ4v) is 1.91. The molecule has 0 atom stereocenters. The number of nitrogens with zero attached hydrogens (tertiary/aromatic N) is 3. The number of carboxylic acids is 1. The van der Waals surface area contributed by atoms with Crippen molar-refractivity contribution in [1.82, 2.24) is 14.8 Å². The molecule has 0 saturated carbocycles. The van der Waals surface area contributed by atoms with Gasteiger partial charge >= 0.3 is 5.97 Å². The molecule has 3 rings (SSSR count). The van der Waals surface area contributed by atoms with Gasteiger partial charge in [0.15, 0.2) is 5.69 Å². The van der Waals surface area contributed by atoms with Crippen LogP contribution in [0, 0.1) is 5.82 Å². The Balaban J connectivity index is 2.25. The molecular weight excluding hydrogens is 249 g/mol. The highest BCUT2D eigenvalue weighted by Crippen LogP contribution is 2.21. The predicted molar refractivity (Wildman–Crippen MR) is 65.3 cm³/mol. The zero-order chi connectivity index (χ0) is 13.4. The summed E-state index contributed by atoms with van der Waals surface area (Å²) in [6, 6.07) is 11.0. The van der Waals surface area contributed by atoms with E-state index in [1.165, 1.54) is 16.6 Å². The molecule has 1 aromatic carbocycles. The van der Waals surface area contributed by atoms with E-state index in [9.17, 15) is 9.18 Å². The van der Waals surface area contributed by atoms with Gasteiger partial charge in [-0.25, -0.2) is 13.7 Å². The van der Waals surface area contributed by atoms with Gasteiger partial charge in [0, 0.05) is 5.56 Å². The third kappa shape index (κ3) is 1.83. The maximum Gasteiger partial charge on any atom is 0.358 e. The lowest BCUT2D eigenvalue weighted by Gasteiger charge is -2.04. The molecule has 0 saturated heterocycles. The topological polar surface area (TPSA) is 67.5 Å². The first-order chi connectivity index (χ1) is 9.16. The third-order valence-corrected chi connectivity index (χ3v) is 2.78. The van der Waals surface area contributed by atoms with Crippen LogP contribution in [0.15, 0.2) is 42.5 Å². The Morgan fingerprint density at radius 2 is 1.89 bits per heavy atom. The molecule has 2 heterocycles. The van der Waals surface area contributed by atoms with Crippen LogP contribution in [-0.2, 0) is 0 Å². The number of aromatic nitrogens is 3. The molecule has 2 aromatic heterocycles. The van der Waals surface area contributed by atoms with E-state index >= 15 is 0 Å². The van der Waals surface area contributed by atoms with E-state index < -0.39 is 5.97 Å². The van der Waals surface area contributed by atoms with Crippen LogP contribution in [0.4, 0.5) is 4.39 Å². The van der Waals surface area contributed by atoms with E-state index in [1.807, 2.05) is 0 Å². The van der Waals surface area contributed by atoms with Crippen LogP contribution in [0.2, 0.25) is 0 Å². The number of halogens is 1. The number of aromatic carboxylic acids is 1. The molecule has 0 bridgehead atoms. The van der Waals surface area contributed by atoms with Crippen molar-refractivity contribution in [2.45, 2.75) is 0 Å². The minimum absolute atomic E-state index is 0.107. The maximum atomic E-state index is 12.9. The number of hydrogen-bond donors (Lipinski definition) is 1. The molecule has 0 aliphatic rings. The summed E-state index contributed by atoms with van der Waals surface area (Å²) in [7, 11) is 0. The second kappa shape index (κ2) is 4.16. The van der Waals surface area contributed by atoms with Gasteiger partial charge < -0.3 is 5.11 Å². The first kappa shape index (κ1) is 11.3. The fourth-order valence-electron chi connectivity index (χ4n) is 1.91. The molecule has 1 N–H and O–H groups in total. The third-order valence-electron chi connectivity index (χ3n) is 2.78. The van der Waals surface area contributed by atoms with Crippen LogP contribution in [-0.4, -0.2) is 25.9 Å². The Morgan fingerprint density at radius 3 is 2.58 bits per heavy atom. The summed E-state index contributed by atoms with van der Waals surface area (Å²) in [6.07, 6.45) is 0. The number of rotatable bonds is 2. The number of pyridine rings is 1. The molecule has 3 aromatic rings. The monoisotopic (exact) mass is 257 g/mol. The minimum atomic E-state index is -1.13. The summed E-state index contributed by atoms with van der Waals surface area (Å²) in [5, 5.41) is 16.5. The van der Waals surface area contributed by atoms with Crippen LogP contribution in [0.5, 0.6) is 0 Å². The molecule has 0 spiro atoms. The summed E-state index contributed by atoms with van der Waals surface area (Å²) in [5.41, 5.74) is 1.67. The van der Waals surface area contributed by atoms with E-state index in [0.29, 0.717) is 11.2 Å². The Hall–Kier alpha value is -2.76. The van der Waals surface area contributed by atoms with Gasteiger partial charge in [-0.15, -0.1) is 5.10 Å². The lowest BCUT2D eigenvalue weighted by molar-refractivity contribution is 0.0692. The molecule has 0 fully saturated rings. The van der Waals surface area contributed by atoms with Gasteiger partial charge in [-0.05, 0) is 36.4 Å². The lowest BCUT2D eigenvalue weighted by atomic mass is 10.1. The highest BCUT2D eigenvalue weighted by Gasteiger charge is 2.15. The van der Waals surface area contributed by atoms with E-state index in [1.54, 1.807) is 30.3 Å². The molecule has 19 heavy (non-hydrogen) atoms. The number of carbonyl (C=O) groups is 1. The van der Waals surface area contributed by atoms with Gasteiger partial charge in [0.2, 0.25) is 0 Å². The molecular formula is C13H8FN3O2. The average molecular weight is 257 g/mol. The molecule has 0 amide bonds. The van der Waals surface area contributed by atoms with Crippen molar-refractivity contribution >= 4 is 11.5 Å². The number of benzene rings is 1.